The van der Waals surface area contributed by atoms with E-state index in [2.05, 4.69) is 5.32 Å². The van der Waals surface area contributed by atoms with Crippen LogP contribution in [0, 0.1) is 0 Å². The minimum atomic E-state index is -0.802. The maximum atomic E-state index is 12.0. The van der Waals surface area contributed by atoms with Crippen LogP contribution in [0.3, 0.4) is 0 Å². The Morgan fingerprint density at radius 3 is 2.40 bits per heavy atom. The van der Waals surface area contributed by atoms with Crippen LogP contribution in [-0.2, 0) is 9.53 Å². The molecule has 0 aromatic carbocycles. The largest absolute Gasteiger partial charge is 0.480 e. The zero-order valence-electron chi connectivity index (χ0n) is 12.1. The van der Waals surface area contributed by atoms with Gasteiger partial charge in [-0.1, -0.05) is 0 Å². The van der Waals surface area contributed by atoms with Crippen LogP contribution in [0.5, 0.6) is 0 Å². The molecule has 2 fully saturated rings. The number of carbonyl (C=O) groups is 2. The van der Waals surface area contributed by atoms with Gasteiger partial charge in [-0.3, -0.25) is 10.1 Å². The normalized spacial score (nSPS) is 25.8. The third-order valence-electron chi connectivity index (χ3n) is 3.48. The van der Waals surface area contributed by atoms with Crippen molar-refractivity contribution < 1.29 is 19.4 Å². The van der Waals surface area contributed by atoms with Gasteiger partial charge in [-0.05, 0) is 33.6 Å². The summed E-state index contributed by atoms with van der Waals surface area (Å²) in [5.41, 5.74) is -0.485. The third-order valence-corrected chi connectivity index (χ3v) is 5.06. The maximum absolute atomic E-state index is 12.0. The summed E-state index contributed by atoms with van der Waals surface area (Å²) in [5.74, 6) is -0.217. The quantitative estimate of drug-likeness (QED) is 0.764. The van der Waals surface area contributed by atoms with Crippen LogP contribution in [0.2, 0.25) is 0 Å². The molecule has 2 N–H and O–H groups in total. The monoisotopic (exact) mass is 302 g/mol. The molecule has 2 heterocycles. The summed E-state index contributed by atoms with van der Waals surface area (Å²) in [7, 11) is 0. The van der Waals surface area contributed by atoms with E-state index in [1.807, 2.05) is 20.8 Å². The zero-order valence-corrected chi connectivity index (χ0v) is 13.0. The van der Waals surface area contributed by atoms with Gasteiger partial charge in [0.2, 0.25) is 0 Å². The third kappa shape index (κ3) is 3.58. The molecule has 1 spiro atoms. The molecule has 2 aliphatic heterocycles. The first kappa shape index (κ1) is 15.4. The number of thioether (sulfide) groups is 1. The smallest absolute Gasteiger partial charge is 0.410 e. The summed E-state index contributed by atoms with van der Waals surface area (Å²) in [4.78, 5) is 24.5. The molecule has 0 aromatic heterocycles. The van der Waals surface area contributed by atoms with Crippen LogP contribution >= 0.6 is 11.8 Å². The number of carboxylic acids is 1. The summed E-state index contributed by atoms with van der Waals surface area (Å²) >= 11 is 1.66. The molecule has 0 aromatic rings. The van der Waals surface area contributed by atoms with E-state index in [1.165, 1.54) is 0 Å². The second-order valence-electron chi connectivity index (χ2n) is 6.31. The van der Waals surface area contributed by atoms with Crippen LogP contribution in [0.4, 0.5) is 4.79 Å². The molecule has 1 amide bonds. The van der Waals surface area contributed by atoms with E-state index in [0.717, 1.165) is 12.8 Å². The topological polar surface area (TPSA) is 78.9 Å². The van der Waals surface area contributed by atoms with Gasteiger partial charge in [0.1, 0.15) is 11.6 Å². The molecule has 6 nitrogen and oxygen atoms in total. The molecule has 2 aliphatic rings. The summed E-state index contributed by atoms with van der Waals surface area (Å²) in [6, 6.07) is -0.479. The highest BCUT2D eigenvalue weighted by atomic mass is 32.2. The lowest BCUT2D eigenvalue weighted by atomic mass is 10.0. The first-order valence-corrected chi connectivity index (χ1v) is 7.82. The first-order valence-electron chi connectivity index (χ1n) is 6.83. The molecule has 0 radical (unpaired) electrons. The van der Waals surface area contributed by atoms with Gasteiger partial charge >= 0.3 is 12.1 Å². The Bertz CT molecular complexity index is 400. The number of carbonyl (C=O) groups excluding carboxylic acids is 1. The average Bonchev–Trinajstić information content (AvgIpc) is 2.72. The number of nitrogens with one attached hydrogen (secondary N) is 1. The van der Waals surface area contributed by atoms with Gasteiger partial charge in [0.15, 0.2) is 0 Å². The number of piperidine rings is 1. The number of hydrogen-bond acceptors (Lipinski definition) is 5. The molecular weight excluding hydrogens is 280 g/mol. The Hall–Kier alpha value is -0.950. The van der Waals surface area contributed by atoms with Gasteiger partial charge in [-0.2, -0.15) is 0 Å². The van der Waals surface area contributed by atoms with Gasteiger partial charge in [-0.15, -0.1) is 11.8 Å². The first-order chi connectivity index (χ1) is 9.21. The van der Waals surface area contributed by atoms with Crippen LogP contribution < -0.4 is 5.32 Å². The molecular formula is C13H22N2O4S. The van der Waals surface area contributed by atoms with Crippen LogP contribution in [-0.4, -0.2) is 57.4 Å². The predicted octanol–water partition coefficient (Wildman–Crippen LogP) is 1.50. The Labute approximate surface area is 123 Å². The van der Waals surface area contributed by atoms with E-state index in [9.17, 15) is 9.59 Å². The number of hydrogen-bond donors (Lipinski definition) is 2. The van der Waals surface area contributed by atoms with Crippen LogP contribution in [0.1, 0.15) is 33.6 Å². The van der Waals surface area contributed by atoms with E-state index in [-0.39, 0.29) is 11.0 Å². The number of amides is 1. The minimum Gasteiger partial charge on any atom is -0.480 e. The van der Waals surface area contributed by atoms with E-state index in [0.29, 0.717) is 18.8 Å². The van der Waals surface area contributed by atoms with Gasteiger partial charge in [0, 0.05) is 18.8 Å². The van der Waals surface area contributed by atoms with Gasteiger partial charge in [0.25, 0.3) is 0 Å². The minimum absolute atomic E-state index is 0.193. The highest BCUT2D eigenvalue weighted by molar-refractivity contribution is 8.01. The van der Waals surface area contributed by atoms with Crippen molar-refractivity contribution in [3.8, 4) is 0 Å². The fourth-order valence-electron chi connectivity index (χ4n) is 2.44. The maximum Gasteiger partial charge on any atom is 0.410 e. The molecule has 20 heavy (non-hydrogen) atoms. The van der Waals surface area contributed by atoms with Crippen LogP contribution in [0.25, 0.3) is 0 Å². The Morgan fingerprint density at radius 2 is 1.95 bits per heavy atom. The van der Waals surface area contributed by atoms with Crippen molar-refractivity contribution in [1.82, 2.24) is 10.2 Å². The van der Waals surface area contributed by atoms with Crippen molar-refractivity contribution >= 4 is 23.8 Å². The van der Waals surface area contributed by atoms with Gasteiger partial charge in [-0.25, -0.2) is 4.79 Å². The molecule has 0 unspecified atom stereocenters. The van der Waals surface area contributed by atoms with E-state index in [1.54, 1.807) is 16.7 Å². The van der Waals surface area contributed by atoms with Gasteiger partial charge < -0.3 is 14.7 Å². The van der Waals surface area contributed by atoms with Crippen molar-refractivity contribution in [3.63, 3.8) is 0 Å². The lowest BCUT2D eigenvalue weighted by Crippen LogP contribution is -2.53. The highest BCUT2D eigenvalue weighted by Gasteiger charge is 2.44. The Morgan fingerprint density at radius 1 is 1.35 bits per heavy atom. The molecule has 2 saturated heterocycles. The second-order valence-corrected chi connectivity index (χ2v) is 7.71. The lowest BCUT2D eigenvalue weighted by molar-refractivity contribution is -0.139. The lowest BCUT2D eigenvalue weighted by Gasteiger charge is -2.39. The number of carboxylic acid groups (broad SMARTS) is 1. The Balaban J connectivity index is 1.87. The number of ether oxygens (including phenoxy) is 1. The summed E-state index contributed by atoms with van der Waals surface area (Å²) in [6.45, 7) is 6.75. The fourth-order valence-corrected chi connectivity index (χ4v) is 3.85. The number of likely N-dealkylation sites (tertiary alicyclic amines) is 1. The zero-order chi connectivity index (χ0) is 15.0. The summed E-state index contributed by atoms with van der Waals surface area (Å²) < 4.78 is 5.35. The second kappa shape index (κ2) is 5.44. The highest BCUT2D eigenvalue weighted by Crippen LogP contribution is 2.39. The predicted molar refractivity (Wildman–Crippen MR) is 76.8 cm³/mol. The SMILES string of the molecule is CC(C)(C)OC(=O)N1CCC2(CC1)N[C@H](C(=O)O)CS2. The molecule has 0 bridgehead atoms. The van der Waals surface area contributed by atoms with Crippen molar-refractivity contribution in [2.45, 2.75) is 50.1 Å². The molecule has 0 saturated carbocycles. The van der Waals surface area contributed by atoms with E-state index < -0.39 is 17.6 Å². The average molecular weight is 302 g/mol. The van der Waals surface area contributed by atoms with E-state index in [4.69, 9.17) is 9.84 Å². The molecule has 7 heteroatoms. The number of rotatable bonds is 1. The van der Waals surface area contributed by atoms with Crippen molar-refractivity contribution in [3.05, 3.63) is 0 Å². The summed E-state index contributed by atoms with van der Waals surface area (Å²) in [5, 5.41) is 12.2. The standard InChI is InChI=1S/C13H22N2O4S/c1-12(2,3)19-11(18)15-6-4-13(5-7-15)14-9(8-20-13)10(16)17/h9,14H,4-8H2,1-3H3,(H,16,17)/t9-/m0/s1. The molecule has 1 atom stereocenters. The van der Waals surface area contributed by atoms with E-state index >= 15 is 0 Å². The number of nitrogens with zero attached hydrogens (tertiary/aromatic N) is 1. The van der Waals surface area contributed by atoms with Gasteiger partial charge in [0.05, 0.1) is 4.87 Å². The van der Waals surface area contributed by atoms with Crippen molar-refractivity contribution in [2.75, 3.05) is 18.8 Å². The molecule has 0 aliphatic carbocycles. The van der Waals surface area contributed by atoms with Crippen LogP contribution in [0.15, 0.2) is 0 Å². The van der Waals surface area contributed by atoms with Crippen molar-refractivity contribution in [1.29, 1.82) is 0 Å². The number of aliphatic carboxylic acids is 1. The molecule has 2 rings (SSSR count). The fraction of sp³-hybridized carbons (Fsp3) is 0.846. The Kier molecular flexibility index (Phi) is 4.20. The summed E-state index contributed by atoms with van der Waals surface area (Å²) in [6.07, 6.45) is 1.21. The molecule has 114 valence electrons. The van der Waals surface area contributed by atoms with Crippen molar-refractivity contribution in [2.24, 2.45) is 0 Å².